The standard InChI is InChI=1S/C19H18N2/c1-13(2)21-11-10-20-19(21)17-9-5-8-16-15-7-4-3-6-14(15)12-18(16)17/h3-11,13H,12H2,1-2H3. The monoisotopic (exact) mass is 274 g/mol. The van der Waals surface area contributed by atoms with Crippen LogP contribution in [-0.2, 0) is 6.42 Å². The number of aromatic nitrogens is 2. The van der Waals surface area contributed by atoms with Gasteiger partial charge in [0.25, 0.3) is 0 Å². The van der Waals surface area contributed by atoms with Gasteiger partial charge in [-0.1, -0.05) is 42.5 Å². The number of imidazole rings is 1. The van der Waals surface area contributed by atoms with Crippen molar-refractivity contribution >= 4 is 0 Å². The number of hydrogen-bond acceptors (Lipinski definition) is 1. The smallest absolute Gasteiger partial charge is 0.140 e. The third-order valence-corrected chi connectivity index (χ3v) is 4.32. The van der Waals surface area contributed by atoms with E-state index in [-0.39, 0.29) is 0 Å². The van der Waals surface area contributed by atoms with Crippen molar-refractivity contribution in [3.05, 3.63) is 66.0 Å². The van der Waals surface area contributed by atoms with E-state index >= 15 is 0 Å². The molecule has 2 aromatic carbocycles. The maximum absolute atomic E-state index is 4.61. The van der Waals surface area contributed by atoms with E-state index in [2.05, 4.69) is 72.1 Å². The molecule has 0 fully saturated rings. The van der Waals surface area contributed by atoms with Crippen molar-refractivity contribution in [3.63, 3.8) is 0 Å². The molecule has 3 aromatic rings. The summed E-state index contributed by atoms with van der Waals surface area (Å²) in [6.45, 7) is 4.40. The van der Waals surface area contributed by atoms with E-state index in [9.17, 15) is 0 Å². The molecule has 0 unspecified atom stereocenters. The van der Waals surface area contributed by atoms with Gasteiger partial charge in [-0.25, -0.2) is 4.98 Å². The lowest BCUT2D eigenvalue weighted by atomic mass is 10.0. The molecule has 0 aliphatic heterocycles. The zero-order valence-electron chi connectivity index (χ0n) is 12.4. The fraction of sp³-hybridized carbons (Fsp3) is 0.211. The van der Waals surface area contributed by atoms with E-state index < -0.39 is 0 Å². The van der Waals surface area contributed by atoms with Gasteiger partial charge in [-0.15, -0.1) is 0 Å². The Labute approximate surface area is 125 Å². The number of benzene rings is 2. The maximum Gasteiger partial charge on any atom is 0.140 e. The summed E-state index contributed by atoms with van der Waals surface area (Å²) in [4.78, 5) is 4.61. The van der Waals surface area contributed by atoms with Gasteiger partial charge in [0, 0.05) is 24.0 Å². The lowest BCUT2D eigenvalue weighted by Gasteiger charge is -2.14. The Balaban J connectivity index is 1.92. The average Bonchev–Trinajstić information content (AvgIpc) is 3.11. The predicted octanol–water partition coefficient (Wildman–Crippen LogP) is 4.70. The van der Waals surface area contributed by atoms with Crippen molar-refractivity contribution in [2.75, 3.05) is 0 Å². The minimum absolute atomic E-state index is 0.419. The lowest BCUT2D eigenvalue weighted by molar-refractivity contribution is 0.606. The van der Waals surface area contributed by atoms with Gasteiger partial charge in [-0.2, -0.15) is 0 Å². The fourth-order valence-corrected chi connectivity index (χ4v) is 3.31. The highest BCUT2D eigenvalue weighted by Crippen LogP contribution is 2.41. The van der Waals surface area contributed by atoms with Gasteiger partial charge in [0.05, 0.1) is 0 Å². The normalized spacial score (nSPS) is 12.5. The second kappa shape index (κ2) is 4.59. The molecular formula is C19H18N2. The van der Waals surface area contributed by atoms with E-state index in [0.717, 1.165) is 12.2 Å². The molecule has 0 saturated carbocycles. The van der Waals surface area contributed by atoms with Gasteiger partial charge >= 0.3 is 0 Å². The van der Waals surface area contributed by atoms with Gasteiger partial charge in [-0.05, 0) is 42.5 Å². The third-order valence-electron chi connectivity index (χ3n) is 4.32. The summed E-state index contributed by atoms with van der Waals surface area (Å²) in [5, 5.41) is 0. The van der Waals surface area contributed by atoms with Crippen LogP contribution in [0.2, 0.25) is 0 Å². The molecule has 0 bridgehead atoms. The van der Waals surface area contributed by atoms with Crippen molar-refractivity contribution in [2.45, 2.75) is 26.3 Å². The summed E-state index contributed by atoms with van der Waals surface area (Å²) in [6.07, 6.45) is 4.98. The average molecular weight is 274 g/mol. The first kappa shape index (κ1) is 12.4. The molecule has 1 aliphatic rings. The lowest BCUT2D eigenvalue weighted by Crippen LogP contribution is -2.03. The van der Waals surface area contributed by atoms with Crippen LogP contribution in [0, 0.1) is 0 Å². The van der Waals surface area contributed by atoms with Gasteiger partial charge < -0.3 is 4.57 Å². The van der Waals surface area contributed by atoms with Gasteiger partial charge in [0.15, 0.2) is 0 Å². The first-order valence-electron chi connectivity index (χ1n) is 7.49. The zero-order chi connectivity index (χ0) is 14.4. The van der Waals surface area contributed by atoms with E-state index in [1.807, 2.05) is 6.20 Å². The topological polar surface area (TPSA) is 17.8 Å². The highest BCUT2D eigenvalue weighted by atomic mass is 15.1. The summed E-state index contributed by atoms with van der Waals surface area (Å²) in [5.41, 5.74) is 6.83. The number of rotatable bonds is 2. The van der Waals surface area contributed by atoms with Gasteiger partial charge in [0.2, 0.25) is 0 Å². The summed E-state index contributed by atoms with van der Waals surface area (Å²) in [7, 11) is 0. The number of nitrogens with zero attached hydrogens (tertiary/aromatic N) is 2. The quantitative estimate of drug-likeness (QED) is 0.518. The molecular weight excluding hydrogens is 256 g/mol. The molecule has 4 rings (SSSR count). The minimum Gasteiger partial charge on any atom is -0.328 e. The minimum atomic E-state index is 0.419. The van der Waals surface area contributed by atoms with Crippen molar-refractivity contribution in [1.82, 2.24) is 9.55 Å². The Morgan fingerprint density at radius 2 is 1.71 bits per heavy atom. The summed E-state index contributed by atoms with van der Waals surface area (Å²) >= 11 is 0. The molecule has 2 heteroatoms. The van der Waals surface area contributed by atoms with Gasteiger partial charge in [0.1, 0.15) is 5.82 Å². The molecule has 104 valence electrons. The van der Waals surface area contributed by atoms with Crippen LogP contribution in [0.5, 0.6) is 0 Å². The molecule has 0 saturated heterocycles. The zero-order valence-corrected chi connectivity index (χ0v) is 12.4. The molecule has 0 spiro atoms. The first-order valence-corrected chi connectivity index (χ1v) is 7.49. The van der Waals surface area contributed by atoms with Crippen molar-refractivity contribution in [3.8, 4) is 22.5 Å². The Morgan fingerprint density at radius 1 is 0.952 bits per heavy atom. The Morgan fingerprint density at radius 3 is 2.57 bits per heavy atom. The van der Waals surface area contributed by atoms with E-state index in [0.29, 0.717) is 6.04 Å². The van der Waals surface area contributed by atoms with Crippen molar-refractivity contribution in [1.29, 1.82) is 0 Å². The first-order chi connectivity index (χ1) is 10.3. The van der Waals surface area contributed by atoms with Crippen LogP contribution in [0.3, 0.4) is 0 Å². The summed E-state index contributed by atoms with van der Waals surface area (Å²) in [5.74, 6) is 1.08. The van der Waals surface area contributed by atoms with Crippen LogP contribution < -0.4 is 0 Å². The second-order valence-corrected chi connectivity index (χ2v) is 5.92. The SMILES string of the molecule is CC(C)n1ccnc1-c1cccc2c1Cc1ccccc1-2. The Bertz CT molecular complexity index is 812. The Hall–Kier alpha value is -2.35. The van der Waals surface area contributed by atoms with E-state index in [1.165, 1.54) is 27.8 Å². The molecule has 0 radical (unpaired) electrons. The Kier molecular flexibility index (Phi) is 2.71. The predicted molar refractivity (Wildman–Crippen MR) is 86.3 cm³/mol. The van der Waals surface area contributed by atoms with Crippen LogP contribution in [-0.4, -0.2) is 9.55 Å². The molecule has 0 amide bonds. The molecule has 1 aromatic heterocycles. The highest BCUT2D eigenvalue weighted by molar-refractivity contribution is 5.83. The van der Waals surface area contributed by atoms with Crippen LogP contribution in [0.1, 0.15) is 31.0 Å². The van der Waals surface area contributed by atoms with Crippen LogP contribution in [0.4, 0.5) is 0 Å². The number of hydrogen-bond donors (Lipinski definition) is 0. The van der Waals surface area contributed by atoms with E-state index in [1.54, 1.807) is 0 Å². The molecule has 21 heavy (non-hydrogen) atoms. The third kappa shape index (κ3) is 1.83. The van der Waals surface area contributed by atoms with Crippen molar-refractivity contribution < 1.29 is 0 Å². The molecule has 0 N–H and O–H groups in total. The highest BCUT2D eigenvalue weighted by Gasteiger charge is 2.22. The molecule has 1 heterocycles. The van der Waals surface area contributed by atoms with Crippen molar-refractivity contribution in [2.24, 2.45) is 0 Å². The molecule has 2 nitrogen and oxygen atoms in total. The molecule has 1 aliphatic carbocycles. The largest absolute Gasteiger partial charge is 0.328 e. The summed E-state index contributed by atoms with van der Waals surface area (Å²) in [6, 6.07) is 15.7. The van der Waals surface area contributed by atoms with Gasteiger partial charge in [-0.3, -0.25) is 0 Å². The van der Waals surface area contributed by atoms with Crippen LogP contribution >= 0.6 is 0 Å². The van der Waals surface area contributed by atoms with Crippen LogP contribution in [0.15, 0.2) is 54.9 Å². The maximum atomic E-state index is 4.61. The van der Waals surface area contributed by atoms with Crippen LogP contribution in [0.25, 0.3) is 22.5 Å². The number of fused-ring (bicyclic) bond motifs is 3. The summed E-state index contributed by atoms with van der Waals surface area (Å²) < 4.78 is 2.25. The fourth-order valence-electron chi connectivity index (χ4n) is 3.31. The molecule has 0 atom stereocenters. The van der Waals surface area contributed by atoms with E-state index in [4.69, 9.17) is 0 Å². The second-order valence-electron chi connectivity index (χ2n) is 5.92.